The number of hydrogen-bond acceptors (Lipinski definition) is 4. The molecule has 0 spiro atoms. The van der Waals surface area contributed by atoms with Crippen LogP contribution in [0.2, 0.25) is 0 Å². The minimum atomic E-state index is -4.81. The number of nitrogens with two attached hydrogens (primary N) is 1. The molecule has 0 aliphatic carbocycles. The Kier molecular flexibility index (Phi) is 6.65. The average molecular weight is 410 g/mol. The van der Waals surface area contributed by atoms with Crippen molar-refractivity contribution in [2.75, 3.05) is 24.2 Å². The van der Waals surface area contributed by atoms with E-state index in [1.54, 1.807) is 6.07 Å². The molecule has 0 bridgehead atoms. The number of urea groups is 1. The molecule has 11 heteroatoms. The Hall–Kier alpha value is -3.76. The Labute approximate surface area is 163 Å². The van der Waals surface area contributed by atoms with Gasteiger partial charge in [-0.05, 0) is 42.5 Å². The quantitative estimate of drug-likeness (QED) is 0.679. The lowest BCUT2D eigenvalue weighted by Crippen LogP contribution is -2.35. The molecule has 154 valence electrons. The van der Waals surface area contributed by atoms with E-state index in [1.807, 2.05) is 0 Å². The third-order valence-electron chi connectivity index (χ3n) is 3.48. The molecule has 0 saturated carbocycles. The predicted octanol–water partition coefficient (Wildman–Crippen LogP) is 2.79. The molecular formula is C18H17F3N4O4. The summed E-state index contributed by atoms with van der Waals surface area (Å²) in [5, 5.41) is 4.80. The minimum absolute atomic E-state index is 0.222. The maximum Gasteiger partial charge on any atom is 0.573 e. The van der Waals surface area contributed by atoms with Gasteiger partial charge in [-0.2, -0.15) is 0 Å². The van der Waals surface area contributed by atoms with Gasteiger partial charge >= 0.3 is 12.4 Å². The minimum Gasteiger partial charge on any atom is -0.406 e. The number of benzene rings is 2. The SMILES string of the molecule is CN(CC(=O)Nc1ccc(OC(F)(F)F)cc1)C(=O)c1cccc(NC(N)=O)c1. The van der Waals surface area contributed by atoms with Crippen molar-refractivity contribution < 1.29 is 32.3 Å². The van der Waals surface area contributed by atoms with Gasteiger partial charge in [0.2, 0.25) is 5.91 Å². The number of halogens is 3. The Morgan fingerprint density at radius 3 is 2.28 bits per heavy atom. The molecule has 0 heterocycles. The average Bonchev–Trinajstić information content (AvgIpc) is 2.61. The zero-order valence-corrected chi connectivity index (χ0v) is 15.1. The maximum atomic E-state index is 12.4. The van der Waals surface area contributed by atoms with Crippen LogP contribution in [0.1, 0.15) is 10.4 Å². The number of likely N-dealkylation sites (N-methyl/N-ethyl adjacent to an activating group) is 1. The molecule has 0 radical (unpaired) electrons. The van der Waals surface area contributed by atoms with Crippen LogP contribution in [0.5, 0.6) is 5.75 Å². The van der Waals surface area contributed by atoms with Gasteiger partial charge in [0.25, 0.3) is 5.91 Å². The lowest BCUT2D eigenvalue weighted by molar-refractivity contribution is -0.274. The molecule has 0 fully saturated rings. The molecule has 29 heavy (non-hydrogen) atoms. The Bertz CT molecular complexity index is 901. The second-order valence-corrected chi connectivity index (χ2v) is 5.85. The van der Waals surface area contributed by atoms with E-state index in [-0.39, 0.29) is 17.8 Å². The van der Waals surface area contributed by atoms with Crippen LogP contribution < -0.4 is 21.1 Å². The fourth-order valence-electron chi connectivity index (χ4n) is 2.32. The lowest BCUT2D eigenvalue weighted by atomic mass is 10.1. The van der Waals surface area contributed by atoms with E-state index < -0.39 is 30.0 Å². The van der Waals surface area contributed by atoms with Gasteiger partial charge in [0, 0.05) is 24.0 Å². The summed E-state index contributed by atoms with van der Waals surface area (Å²) in [7, 11) is 1.40. The van der Waals surface area contributed by atoms with Gasteiger partial charge in [0.05, 0.1) is 6.54 Å². The highest BCUT2D eigenvalue weighted by molar-refractivity contribution is 6.00. The number of carbonyl (C=O) groups is 3. The number of anilines is 2. The summed E-state index contributed by atoms with van der Waals surface area (Å²) >= 11 is 0. The number of primary amides is 1. The number of carbonyl (C=O) groups excluding carboxylic acids is 3. The monoisotopic (exact) mass is 410 g/mol. The van der Waals surface area contributed by atoms with E-state index in [4.69, 9.17) is 5.73 Å². The summed E-state index contributed by atoms with van der Waals surface area (Å²) in [6.45, 7) is -0.312. The standard InChI is InChI=1S/C18H17F3N4O4/c1-25(16(27)11-3-2-4-13(9-11)24-17(22)28)10-15(26)23-12-5-7-14(8-6-12)29-18(19,20)21/h2-9H,10H2,1H3,(H,23,26)(H3,22,24,28). The van der Waals surface area contributed by atoms with Crippen LogP contribution >= 0.6 is 0 Å². The van der Waals surface area contributed by atoms with Gasteiger partial charge < -0.3 is 26.0 Å². The predicted molar refractivity (Wildman–Crippen MR) is 98.4 cm³/mol. The van der Waals surface area contributed by atoms with Gasteiger partial charge in [-0.25, -0.2) is 4.79 Å². The topological polar surface area (TPSA) is 114 Å². The van der Waals surface area contributed by atoms with Crippen molar-refractivity contribution >= 4 is 29.2 Å². The largest absolute Gasteiger partial charge is 0.573 e. The van der Waals surface area contributed by atoms with Crippen molar-refractivity contribution in [2.24, 2.45) is 5.73 Å². The van der Waals surface area contributed by atoms with Crippen molar-refractivity contribution in [3.63, 3.8) is 0 Å². The Balaban J connectivity index is 1.94. The first-order chi connectivity index (χ1) is 13.5. The van der Waals surface area contributed by atoms with E-state index in [0.717, 1.165) is 17.0 Å². The fraction of sp³-hybridized carbons (Fsp3) is 0.167. The molecule has 0 aliphatic heterocycles. The van der Waals surface area contributed by atoms with Gasteiger partial charge in [0.1, 0.15) is 5.75 Å². The number of rotatable bonds is 6. The molecular weight excluding hydrogens is 393 g/mol. The zero-order valence-electron chi connectivity index (χ0n) is 15.1. The number of nitrogens with zero attached hydrogens (tertiary/aromatic N) is 1. The molecule has 4 amide bonds. The van der Waals surface area contributed by atoms with E-state index in [0.29, 0.717) is 5.69 Å². The number of hydrogen-bond donors (Lipinski definition) is 3. The molecule has 2 rings (SSSR count). The summed E-state index contributed by atoms with van der Waals surface area (Å²) in [4.78, 5) is 36.6. The summed E-state index contributed by atoms with van der Waals surface area (Å²) in [5.74, 6) is -1.47. The molecule has 0 saturated heterocycles. The third-order valence-corrected chi connectivity index (χ3v) is 3.48. The molecule has 0 unspecified atom stereocenters. The third kappa shape index (κ3) is 7.05. The zero-order chi connectivity index (χ0) is 21.6. The second kappa shape index (κ2) is 8.95. The van der Waals surface area contributed by atoms with Crippen LogP contribution in [0.15, 0.2) is 48.5 Å². The van der Waals surface area contributed by atoms with Crippen LogP contribution in [-0.2, 0) is 4.79 Å². The molecule has 2 aromatic rings. The summed E-state index contributed by atoms with van der Waals surface area (Å²) in [5.41, 5.74) is 5.81. The highest BCUT2D eigenvalue weighted by Crippen LogP contribution is 2.24. The highest BCUT2D eigenvalue weighted by atomic mass is 19.4. The van der Waals surface area contributed by atoms with Crippen molar-refractivity contribution in [2.45, 2.75) is 6.36 Å². The van der Waals surface area contributed by atoms with Crippen molar-refractivity contribution in [1.82, 2.24) is 4.90 Å². The lowest BCUT2D eigenvalue weighted by Gasteiger charge is -2.17. The molecule has 8 nitrogen and oxygen atoms in total. The van der Waals surface area contributed by atoms with Crippen molar-refractivity contribution in [1.29, 1.82) is 0 Å². The smallest absolute Gasteiger partial charge is 0.406 e. The van der Waals surface area contributed by atoms with Crippen molar-refractivity contribution in [3.8, 4) is 5.75 Å². The first kappa shape index (κ1) is 21.5. The van der Waals surface area contributed by atoms with Crippen LogP contribution in [0.4, 0.5) is 29.3 Å². The first-order valence-corrected chi connectivity index (χ1v) is 8.11. The number of nitrogens with one attached hydrogen (secondary N) is 2. The van der Waals surface area contributed by atoms with Gasteiger partial charge in [-0.3, -0.25) is 9.59 Å². The summed E-state index contributed by atoms with van der Waals surface area (Å²) < 4.78 is 40.2. The highest BCUT2D eigenvalue weighted by Gasteiger charge is 2.31. The Morgan fingerprint density at radius 1 is 1.03 bits per heavy atom. The normalized spacial score (nSPS) is 10.8. The molecule has 2 aromatic carbocycles. The second-order valence-electron chi connectivity index (χ2n) is 5.85. The van der Waals surface area contributed by atoms with E-state index in [1.165, 1.54) is 37.4 Å². The summed E-state index contributed by atoms with van der Waals surface area (Å²) in [6, 6.07) is 9.78. The van der Waals surface area contributed by atoms with E-state index in [2.05, 4.69) is 15.4 Å². The van der Waals surface area contributed by atoms with Gasteiger partial charge in [-0.1, -0.05) is 6.07 Å². The fourth-order valence-corrected chi connectivity index (χ4v) is 2.32. The molecule has 0 atom stereocenters. The Morgan fingerprint density at radius 2 is 1.69 bits per heavy atom. The van der Waals surface area contributed by atoms with Crippen molar-refractivity contribution in [3.05, 3.63) is 54.1 Å². The van der Waals surface area contributed by atoms with E-state index in [9.17, 15) is 27.6 Å². The summed E-state index contributed by atoms with van der Waals surface area (Å²) in [6.07, 6.45) is -4.81. The van der Waals surface area contributed by atoms with Crippen LogP contribution in [0, 0.1) is 0 Å². The molecule has 4 N–H and O–H groups in total. The van der Waals surface area contributed by atoms with Crippen LogP contribution in [0.3, 0.4) is 0 Å². The molecule has 0 aliphatic rings. The van der Waals surface area contributed by atoms with Gasteiger partial charge in [-0.15, -0.1) is 13.2 Å². The van der Waals surface area contributed by atoms with E-state index >= 15 is 0 Å². The maximum absolute atomic E-state index is 12.4. The first-order valence-electron chi connectivity index (χ1n) is 8.11. The van der Waals surface area contributed by atoms with Crippen LogP contribution in [0.25, 0.3) is 0 Å². The molecule has 0 aromatic heterocycles. The number of amides is 4. The number of alkyl halides is 3. The number of ether oxygens (including phenoxy) is 1. The van der Waals surface area contributed by atoms with Crippen LogP contribution in [-0.4, -0.2) is 42.7 Å². The van der Waals surface area contributed by atoms with Gasteiger partial charge in [0.15, 0.2) is 0 Å².